The predicted molar refractivity (Wildman–Crippen MR) is 84.8 cm³/mol. The summed E-state index contributed by atoms with van der Waals surface area (Å²) < 4.78 is 8.42. The lowest BCUT2D eigenvalue weighted by atomic mass is 10.2. The summed E-state index contributed by atoms with van der Waals surface area (Å²) in [7, 11) is 1.59. The van der Waals surface area contributed by atoms with Gasteiger partial charge >= 0.3 is 0 Å². The topological polar surface area (TPSA) is 103 Å². The lowest BCUT2D eigenvalue weighted by molar-refractivity contribution is 0.0947. The molecule has 9 heteroatoms. The number of aryl methyl sites for hydroxylation is 1. The van der Waals surface area contributed by atoms with Crippen LogP contribution in [0.15, 0.2) is 35.5 Å². The van der Waals surface area contributed by atoms with Crippen LogP contribution in [0.4, 0.5) is 0 Å². The Bertz CT molecular complexity index is 946. The Morgan fingerprint density at radius 1 is 1.33 bits per heavy atom. The molecule has 0 radical (unpaired) electrons. The molecule has 3 rings (SSSR count). The maximum absolute atomic E-state index is 12.2. The third-order valence-electron chi connectivity index (χ3n) is 3.42. The molecule has 9 nitrogen and oxygen atoms in total. The maximum Gasteiger partial charge on any atom is 0.263 e. The van der Waals surface area contributed by atoms with Crippen molar-refractivity contribution in [1.29, 1.82) is 0 Å². The molecule has 3 aromatic rings. The van der Waals surface area contributed by atoms with Crippen LogP contribution in [0.25, 0.3) is 5.65 Å². The molecule has 1 amide bonds. The van der Waals surface area contributed by atoms with Crippen LogP contribution in [-0.4, -0.2) is 36.7 Å². The van der Waals surface area contributed by atoms with Gasteiger partial charge in [0.2, 0.25) is 5.65 Å². The van der Waals surface area contributed by atoms with Crippen molar-refractivity contribution in [2.75, 3.05) is 6.61 Å². The Balaban J connectivity index is 1.81. The number of carbonyl (C=O) groups is 1. The van der Waals surface area contributed by atoms with E-state index in [1.165, 1.54) is 10.6 Å². The van der Waals surface area contributed by atoms with E-state index in [4.69, 9.17) is 4.74 Å². The molecule has 0 unspecified atom stereocenters. The molecular weight excluding hydrogens is 312 g/mol. The van der Waals surface area contributed by atoms with Crippen LogP contribution in [0.2, 0.25) is 0 Å². The molecule has 0 spiro atoms. The summed E-state index contributed by atoms with van der Waals surface area (Å²) in [4.78, 5) is 28.2. The van der Waals surface area contributed by atoms with Crippen molar-refractivity contribution >= 4 is 11.6 Å². The van der Waals surface area contributed by atoms with Crippen LogP contribution in [0.3, 0.4) is 0 Å². The Hall–Kier alpha value is -3.23. The van der Waals surface area contributed by atoms with Crippen molar-refractivity contribution in [3.05, 3.63) is 52.5 Å². The van der Waals surface area contributed by atoms with E-state index >= 15 is 0 Å². The molecule has 0 saturated heterocycles. The number of rotatable bonds is 5. The zero-order valence-electron chi connectivity index (χ0n) is 13.3. The molecule has 0 atom stereocenters. The Morgan fingerprint density at radius 2 is 2.17 bits per heavy atom. The third kappa shape index (κ3) is 2.83. The normalized spacial score (nSPS) is 10.8. The van der Waals surface area contributed by atoms with Crippen LogP contribution in [0.1, 0.15) is 23.1 Å². The van der Waals surface area contributed by atoms with E-state index in [0.717, 1.165) is 0 Å². The molecule has 124 valence electrons. The number of fused-ring (bicyclic) bond motifs is 1. The number of amides is 1. The van der Waals surface area contributed by atoms with Crippen molar-refractivity contribution in [3.63, 3.8) is 0 Å². The first-order chi connectivity index (χ1) is 11.6. The van der Waals surface area contributed by atoms with E-state index in [2.05, 4.69) is 20.5 Å². The van der Waals surface area contributed by atoms with Crippen molar-refractivity contribution < 1.29 is 9.53 Å². The van der Waals surface area contributed by atoms with Crippen molar-refractivity contribution in [1.82, 2.24) is 29.5 Å². The number of ether oxygens (including phenoxy) is 1. The van der Waals surface area contributed by atoms with Gasteiger partial charge in [-0.2, -0.15) is 0 Å². The molecular formula is C15H16N6O3. The quantitative estimate of drug-likeness (QED) is 0.715. The van der Waals surface area contributed by atoms with Crippen molar-refractivity contribution in [2.24, 2.45) is 7.05 Å². The Kier molecular flexibility index (Phi) is 4.23. The lowest BCUT2D eigenvalue weighted by Gasteiger charge is -2.06. The Morgan fingerprint density at radius 3 is 2.96 bits per heavy atom. The van der Waals surface area contributed by atoms with Crippen LogP contribution < -0.4 is 15.6 Å². The van der Waals surface area contributed by atoms with Crippen LogP contribution in [-0.2, 0) is 13.6 Å². The minimum atomic E-state index is -0.466. The number of hydrogen-bond donors (Lipinski definition) is 1. The average molecular weight is 328 g/mol. The van der Waals surface area contributed by atoms with E-state index in [-0.39, 0.29) is 17.7 Å². The van der Waals surface area contributed by atoms with E-state index in [1.807, 2.05) is 6.92 Å². The molecule has 3 heterocycles. The summed E-state index contributed by atoms with van der Waals surface area (Å²) in [5.41, 5.74) is 0.189. The van der Waals surface area contributed by atoms with Gasteiger partial charge in [-0.05, 0) is 19.1 Å². The fraction of sp³-hybridized carbons (Fsp3) is 0.267. The molecule has 0 aromatic carbocycles. The van der Waals surface area contributed by atoms with Crippen LogP contribution in [0.5, 0.6) is 5.88 Å². The SMILES string of the molecule is CCOc1nccn2c(CNC(=O)c3cccn(C)c3=O)nnc12. The van der Waals surface area contributed by atoms with Gasteiger partial charge in [0.1, 0.15) is 5.56 Å². The molecule has 0 aliphatic heterocycles. The third-order valence-corrected chi connectivity index (χ3v) is 3.42. The van der Waals surface area contributed by atoms with Crippen molar-refractivity contribution in [3.8, 4) is 5.88 Å². The zero-order valence-corrected chi connectivity index (χ0v) is 13.3. The van der Waals surface area contributed by atoms with Crippen molar-refractivity contribution in [2.45, 2.75) is 13.5 Å². The standard InChI is InChI=1S/C15H16N6O3/c1-3-24-14-12-19-18-11(21(12)8-6-16-14)9-17-13(22)10-5-4-7-20(2)15(10)23/h4-8H,3,9H2,1-2H3,(H,17,22). The van der Waals surface area contributed by atoms with E-state index < -0.39 is 5.91 Å². The number of aromatic nitrogens is 5. The first-order valence-electron chi connectivity index (χ1n) is 7.37. The first kappa shape index (κ1) is 15.7. The predicted octanol–water partition coefficient (Wildman–Crippen LogP) is 0.152. The smallest absolute Gasteiger partial charge is 0.263 e. The molecule has 0 aliphatic rings. The molecule has 0 aliphatic carbocycles. The molecule has 24 heavy (non-hydrogen) atoms. The van der Waals surface area contributed by atoms with Gasteiger partial charge in [0, 0.05) is 25.6 Å². The summed E-state index contributed by atoms with van der Waals surface area (Å²) in [6, 6.07) is 3.12. The number of carbonyl (C=O) groups excluding carboxylic acids is 1. The number of nitrogens with one attached hydrogen (secondary N) is 1. The summed E-state index contributed by atoms with van der Waals surface area (Å²) in [5, 5.41) is 10.7. The molecule has 3 aromatic heterocycles. The summed E-state index contributed by atoms with van der Waals surface area (Å²) in [5.74, 6) is 0.420. The van der Waals surface area contributed by atoms with E-state index in [0.29, 0.717) is 24.0 Å². The minimum Gasteiger partial charge on any atom is -0.475 e. The van der Waals surface area contributed by atoms with E-state index in [1.54, 1.807) is 36.1 Å². The summed E-state index contributed by atoms with van der Waals surface area (Å²) in [6.07, 6.45) is 4.84. The van der Waals surface area contributed by atoms with Crippen LogP contribution >= 0.6 is 0 Å². The first-order valence-corrected chi connectivity index (χ1v) is 7.37. The minimum absolute atomic E-state index is 0.0745. The maximum atomic E-state index is 12.2. The van der Waals surface area contributed by atoms with Crippen LogP contribution in [0, 0.1) is 0 Å². The molecule has 1 N–H and O–H groups in total. The number of hydrogen-bond acceptors (Lipinski definition) is 6. The molecule has 0 bridgehead atoms. The average Bonchev–Trinajstić information content (AvgIpc) is 3.00. The zero-order chi connectivity index (χ0) is 17.1. The molecule has 0 fully saturated rings. The highest BCUT2D eigenvalue weighted by atomic mass is 16.5. The summed E-state index contributed by atoms with van der Waals surface area (Å²) in [6.45, 7) is 2.43. The molecule has 0 saturated carbocycles. The highest BCUT2D eigenvalue weighted by molar-refractivity contribution is 5.93. The number of pyridine rings is 1. The van der Waals surface area contributed by atoms with Gasteiger partial charge in [-0.25, -0.2) is 4.98 Å². The van der Waals surface area contributed by atoms with Gasteiger partial charge in [0.25, 0.3) is 17.3 Å². The monoisotopic (exact) mass is 328 g/mol. The van der Waals surface area contributed by atoms with E-state index in [9.17, 15) is 9.59 Å². The van der Waals surface area contributed by atoms with Gasteiger partial charge in [-0.15, -0.1) is 10.2 Å². The second-order valence-electron chi connectivity index (χ2n) is 5.00. The second-order valence-corrected chi connectivity index (χ2v) is 5.00. The second kappa shape index (κ2) is 6.49. The van der Waals surface area contributed by atoms with Gasteiger partial charge in [-0.1, -0.05) is 0 Å². The number of nitrogens with zero attached hydrogens (tertiary/aromatic N) is 5. The van der Waals surface area contributed by atoms with Gasteiger partial charge in [0.05, 0.1) is 13.2 Å². The van der Waals surface area contributed by atoms with Gasteiger partial charge in [-0.3, -0.25) is 14.0 Å². The highest BCUT2D eigenvalue weighted by Gasteiger charge is 2.14. The van der Waals surface area contributed by atoms with Gasteiger partial charge < -0.3 is 14.6 Å². The highest BCUT2D eigenvalue weighted by Crippen LogP contribution is 2.14. The Labute approximate surface area is 136 Å². The summed E-state index contributed by atoms with van der Waals surface area (Å²) >= 11 is 0. The lowest BCUT2D eigenvalue weighted by Crippen LogP contribution is -2.32. The fourth-order valence-electron chi connectivity index (χ4n) is 2.24. The van der Waals surface area contributed by atoms with Gasteiger partial charge in [0.15, 0.2) is 5.82 Å². The largest absolute Gasteiger partial charge is 0.475 e. The fourth-order valence-corrected chi connectivity index (χ4v) is 2.24.